The van der Waals surface area contributed by atoms with Gasteiger partial charge >= 0.3 is 0 Å². The highest BCUT2D eigenvalue weighted by Gasteiger charge is 2.16. The molecule has 0 atom stereocenters. The molecule has 4 rings (SSSR count). The summed E-state index contributed by atoms with van der Waals surface area (Å²) in [5, 5.41) is 2.38. The summed E-state index contributed by atoms with van der Waals surface area (Å²) in [7, 11) is 1.68. The number of ether oxygens (including phenoxy) is 1. The van der Waals surface area contributed by atoms with Crippen molar-refractivity contribution in [1.82, 2.24) is 9.97 Å². The number of hydrogen-bond acceptors (Lipinski definition) is 3. The van der Waals surface area contributed by atoms with Gasteiger partial charge in [-0.25, -0.2) is 0 Å². The van der Waals surface area contributed by atoms with E-state index in [0.29, 0.717) is 0 Å². The van der Waals surface area contributed by atoms with Gasteiger partial charge in [0.1, 0.15) is 11.3 Å². The number of fused-ring (bicyclic) bond motifs is 2. The number of nitrogens with one attached hydrogen (secondary N) is 1. The number of para-hydroxylation sites is 1. The zero-order valence-corrected chi connectivity index (χ0v) is 15.0. The number of H-pyrrole nitrogens is 1. The molecule has 0 saturated heterocycles. The van der Waals surface area contributed by atoms with Gasteiger partial charge in [0.15, 0.2) is 0 Å². The molecule has 4 aromatic rings. The predicted octanol–water partition coefficient (Wildman–Crippen LogP) is 4.67. The molecule has 2 aromatic heterocycles. The maximum atomic E-state index is 5.71. The van der Waals surface area contributed by atoms with Gasteiger partial charge in [0.2, 0.25) is 0 Å². The van der Waals surface area contributed by atoms with E-state index in [1.807, 2.05) is 18.3 Å². The van der Waals surface area contributed by atoms with Crippen molar-refractivity contribution in [2.45, 2.75) is 19.3 Å². The quantitative estimate of drug-likeness (QED) is 0.499. The number of nitrogens with two attached hydrogens (primary N) is 1. The lowest BCUT2D eigenvalue weighted by Gasteiger charge is -2.11. The van der Waals surface area contributed by atoms with Crippen molar-refractivity contribution in [1.29, 1.82) is 0 Å². The molecular formula is C22H23N3O. The number of aromatic nitrogens is 2. The number of rotatable bonds is 6. The molecule has 0 bridgehead atoms. The molecule has 0 aliphatic rings. The van der Waals surface area contributed by atoms with Gasteiger partial charge in [-0.05, 0) is 55.6 Å². The molecule has 0 unspecified atom stereocenters. The molecule has 2 aromatic carbocycles. The summed E-state index contributed by atoms with van der Waals surface area (Å²) in [4.78, 5) is 8.18. The van der Waals surface area contributed by atoms with Crippen LogP contribution >= 0.6 is 0 Å². The lowest BCUT2D eigenvalue weighted by molar-refractivity contribution is 0.419. The smallest absolute Gasteiger partial charge is 0.145 e. The molecule has 0 saturated carbocycles. The Labute approximate surface area is 153 Å². The standard InChI is InChI=1S/C22H23N3O/c1-26-20-12-11-18(17-9-6-14-24-22(17)20)21-16(8-4-5-13-23)15-7-2-3-10-19(15)25-21/h2-3,6-7,9-12,14,25H,4-5,8,13,23H2,1H3. The average Bonchev–Trinajstić information content (AvgIpc) is 3.06. The SMILES string of the molecule is COc1ccc(-c2[nH]c3ccccc3c2CCCCN)c2cccnc12. The van der Waals surface area contributed by atoms with E-state index in [0.717, 1.165) is 53.5 Å². The van der Waals surface area contributed by atoms with E-state index in [2.05, 4.69) is 46.4 Å². The molecule has 26 heavy (non-hydrogen) atoms. The lowest BCUT2D eigenvalue weighted by atomic mass is 9.97. The Morgan fingerprint density at radius 3 is 2.69 bits per heavy atom. The third kappa shape index (κ3) is 2.82. The summed E-state index contributed by atoms with van der Waals surface area (Å²) in [6.45, 7) is 0.729. The minimum atomic E-state index is 0.729. The number of benzene rings is 2. The van der Waals surface area contributed by atoms with Gasteiger partial charge < -0.3 is 15.5 Å². The molecule has 0 aliphatic heterocycles. The van der Waals surface area contributed by atoms with E-state index in [-0.39, 0.29) is 0 Å². The van der Waals surface area contributed by atoms with Crippen LogP contribution in [0.4, 0.5) is 0 Å². The first-order chi connectivity index (χ1) is 12.8. The highest BCUT2D eigenvalue weighted by molar-refractivity contribution is 6.01. The van der Waals surface area contributed by atoms with Crippen LogP contribution < -0.4 is 10.5 Å². The second kappa shape index (κ2) is 7.18. The molecule has 0 fully saturated rings. The van der Waals surface area contributed by atoms with Gasteiger partial charge in [-0.15, -0.1) is 0 Å². The number of nitrogens with zero attached hydrogens (tertiary/aromatic N) is 1. The Morgan fingerprint density at radius 2 is 1.85 bits per heavy atom. The van der Waals surface area contributed by atoms with Gasteiger partial charge in [-0.2, -0.15) is 0 Å². The number of unbranched alkanes of at least 4 members (excludes halogenated alkanes) is 1. The van der Waals surface area contributed by atoms with E-state index in [4.69, 9.17) is 10.5 Å². The normalized spacial score (nSPS) is 11.3. The van der Waals surface area contributed by atoms with Crippen LogP contribution in [0.25, 0.3) is 33.1 Å². The van der Waals surface area contributed by atoms with Gasteiger partial charge in [-0.1, -0.05) is 24.3 Å². The summed E-state index contributed by atoms with van der Waals surface area (Å²) in [6, 6.07) is 16.7. The highest BCUT2D eigenvalue weighted by atomic mass is 16.5. The van der Waals surface area contributed by atoms with Crippen LogP contribution in [0.15, 0.2) is 54.7 Å². The van der Waals surface area contributed by atoms with Crippen molar-refractivity contribution in [3.63, 3.8) is 0 Å². The molecule has 2 heterocycles. The molecule has 0 aliphatic carbocycles. The summed E-state index contributed by atoms with van der Waals surface area (Å²) in [6.07, 6.45) is 4.92. The first-order valence-corrected chi connectivity index (χ1v) is 9.05. The van der Waals surface area contributed by atoms with Crippen molar-refractivity contribution in [2.75, 3.05) is 13.7 Å². The number of aromatic amines is 1. The molecule has 0 spiro atoms. The average molecular weight is 345 g/mol. The first kappa shape index (κ1) is 16.6. The first-order valence-electron chi connectivity index (χ1n) is 9.05. The van der Waals surface area contributed by atoms with E-state index >= 15 is 0 Å². The van der Waals surface area contributed by atoms with Crippen LogP contribution in [-0.4, -0.2) is 23.6 Å². The van der Waals surface area contributed by atoms with Crippen LogP contribution in [0.2, 0.25) is 0 Å². The van der Waals surface area contributed by atoms with Gasteiger partial charge in [-0.3, -0.25) is 4.98 Å². The molecular weight excluding hydrogens is 322 g/mol. The van der Waals surface area contributed by atoms with Crippen LogP contribution in [0.1, 0.15) is 18.4 Å². The maximum absolute atomic E-state index is 5.71. The Morgan fingerprint density at radius 1 is 1.00 bits per heavy atom. The van der Waals surface area contributed by atoms with Crippen molar-refractivity contribution in [3.8, 4) is 17.0 Å². The molecule has 0 amide bonds. The molecule has 4 heteroatoms. The molecule has 3 N–H and O–H groups in total. The fraction of sp³-hybridized carbons (Fsp3) is 0.227. The van der Waals surface area contributed by atoms with Gasteiger partial charge in [0.25, 0.3) is 0 Å². The minimum Gasteiger partial charge on any atom is -0.494 e. The van der Waals surface area contributed by atoms with Crippen molar-refractivity contribution >= 4 is 21.8 Å². The second-order valence-corrected chi connectivity index (χ2v) is 6.48. The Hall–Kier alpha value is -2.85. The fourth-order valence-corrected chi connectivity index (χ4v) is 3.67. The Balaban J connectivity index is 1.94. The van der Waals surface area contributed by atoms with Crippen LogP contribution in [0.3, 0.4) is 0 Å². The number of methoxy groups -OCH3 is 1. The van der Waals surface area contributed by atoms with Gasteiger partial charge in [0, 0.05) is 28.0 Å². The number of pyridine rings is 1. The van der Waals surface area contributed by atoms with Crippen LogP contribution in [-0.2, 0) is 6.42 Å². The van der Waals surface area contributed by atoms with Crippen molar-refractivity contribution < 1.29 is 4.74 Å². The van der Waals surface area contributed by atoms with Crippen LogP contribution in [0.5, 0.6) is 5.75 Å². The molecule has 132 valence electrons. The van der Waals surface area contributed by atoms with E-state index < -0.39 is 0 Å². The minimum absolute atomic E-state index is 0.729. The lowest BCUT2D eigenvalue weighted by Crippen LogP contribution is -1.99. The maximum Gasteiger partial charge on any atom is 0.145 e. The third-order valence-electron chi connectivity index (χ3n) is 4.92. The summed E-state index contributed by atoms with van der Waals surface area (Å²) in [5.74, 6) is 0.796. The largest absolute Gasteiger partial charge is 0.494 e. The summed E-state index contributed by atoms with van der Waals surface area (Å²) in [5.41, 5.74) is 11.4. The summed E-state index contributed by atoms with van der Waals surface area (Å²) < 4.78 is 5.50. The Kier molecular flexibility index (Phi) is 4.59. The molecule has 0 radical (unpaired) electrons. The van der Waals surface area contributed by atoms with E-state index in [1.54, 1.807) is 7.11 Å². The zero-order chi connectivity index (χ0) is 17.9. The predicted molar refractivity (Wildman–Crippen MR) is 108 cm³/mol. The third-order valence-corrected chi connectivity index (χ3v) is 4.92. The highest BCUT2D eigenvalue weighted by Crippen LogP contribution is 2.37. The second-order valence-electron chi connectivity index (χ2n) is 6.48. The zero-order valence-electron chi connectivity index (χ0n) is 15.0. The van der Waals surface area contributed by atoms with Crippen molar-refractivity contribution in [3.05, 3.63) is 60.3 Å². The van der Waals surface area contributed by atoms with E-state index in [9.17, 15) is 0 Å². The Bertz CT molecular complexity index is 1050. The molecule has 4 nitrogen and oxygen atoms in total. The summed E-state index contributed by atoms with van der Waals surface area (Å²) >= 11 is 0. The number of aryl methyl sites for hydroxylation is 1. The number of hydrogen-bond donors (Lipinski definition) is 2. The fourth-order valence-electron chi connectivity index (χ4n) is 3.67. The van der Waals surface area contributed by atoms with Crippen LogP contribution in [0, 0.1) is 0 Å². The van der Waals surface area contributed by atoms with Gasteiger partial charge in [0.05, 0.1) is 12.8 Å². The topological polar surface area (TPSA) is 63.9 Å². The van der Waals surface area contributed by atoms with E-state index in [1.165, 1.54) is 16.6 Å². The van der Waals surface area contributed by atoms with Crippen molar-refractivity contribution in [2.24, 2.45) is 5.73 Å². The monoisotopic (exact) mass is 345 g/mol.